The lowest BCUT2D eigenvalue weighted by Gasteiger charge is -2.15. The van der Waals surface area contributed by atoms with Crippen LogP contribution in [0.4, 0.5) is 0 Å². The Morgan fingerprint density at radius 2 is 1.73 bits per heavy atom. The first-order chi connectivity index (χ1) is 12.3. The predicted molar refractivity (Wildman–Crippen MR) is 105 cm³/mol. The van der Waals surface area contributed by atoms with Crippen LogP contribution in [0.5, 0.6) is 5.75 Å². The van der Waals surface area contributed by atoms with Crippen molar-refractivity contribution in [3.05, 3.63) is 53.1 Å². The standard InChI is InChI=1S/C22H23NO3/c1-12(2)15-5-6-17-19(8-15)21(22(25)11-23)10-18-13(3)7-16(9-20(17)18)26-14(4)24/h5-10,12H,11,23H2,1-4H3. The van der Waals surface area contributed by atoms with E-state index in [9.17, 15) is 9.59 Å². The maximum atomic E-state index is 12.5. The normalized spacial score (nSPS) is 11.3. The van der Waals surface area contributed by atoms with Crippen LogP contribution in [0.2, 0.25) is 0 Å². The van der Waals surface area contributed by atoms with Crippen molar-refractivity contribution in [1.82, 2.24) is 0 Å². The van der Waals surface area contributed by atoms with Crippen molar-refractivity contribution in [2.75, 3.05) is 6.54 Å². The molecule has 0 aliphatic rings. The van der Waals surface area contributed by atoms with Crippen LogP contribution in [0.1, 0.15) is 48.2 Å². The van der Waals surface area contributed by atoms with E-state index in [1.807, 2.05) is 31.2 Å². The van der Waals surface area contributed by atoms with E-state index in [1.54, 1.807) is 0 Å². The summed E-state index contributed by atoms with van der Waals surface area (Å²) in [6, 6.07) is 11.8. The van der Waals surface area contributed by atoms with Gasteiger partial charge in [-0.2, -0.15) is 0 Å². The van der Waals surface area contributed by atoms with Crippen LogP contribution in [0.25, 0.3) is 21.5 Å². The Morgan fingerprint density at radius 3 is 2.35 bits per heavy atom. The van der Waals surface area contributed by atoms with Gasteiger partial charge in [0.1, 0.15) is 5.75 Å². The van der Waals surface area contributed by atoms with Crippen molar-refractivity contribution < 1.29 is 14.3 Å². The number of carbonyl (C=O) groups excluding carboxylic acids is 2. The van der Waals surface area contributed by atoms with Crippen LogP contribution in [0, 0.1) is 6.92 Å². The minimum atomic E-state index is -0.356. The van der Waals surface area contributed by atoms with E-state index in [1.165, 1.54) is 6.92 Å². The number of benzene rings is 3. The molecule has 0 aliphatic heterocycles. The third-order valence-corrected chi connectivity index (χ3v) is 4.69. The highest BCUT2D eigenvalue weighted by Crippen LogP contribution is 2.35. The molecule has 0 amide bonds. The average Bonchev–Trinajstić information content (AvgIpc) is 2.59. The lowest BCUT2D eigenvalue weighted by Crippen LogP contribution is -2.14. The van der Waals surface area contributed by atoms with Gasteiger partial charge in [0.2, 0.25) is 0 Å². The molecule has 134 valence electrons. The van der Waals surface area contributed by atoms with Gasteiger partial charge in [0.05, 0.1) is 6.54 Å². The summed E-state index contributed by atoms with van der Waals surface area (Å²) in [4.78, 5) is 23.8. The van der Waals surface area contributed by atoms with Crippen molar-refractivity contribution in [2.24, 2.45) is 5.73 Å². The lowest BCUT2D eigenvalue weighted by molar-refractivity contribution is -0.131. The molecule has 3 aromatic rings. The smallest absolute Gasteiger partial charge is 0.308 e. The molecule has 2 N–H and O–H groups in total. The summed E-state index contributed by atoms with van der Waals surface area (Å²) in [5, 5.41) is 3.77. The lowest BCUT2D eigenvalue weighted by atomic mass is 9.90. The van der Waals surface area contributed by atoms with E-state index in [0.29, 0.717) is 17.2 Å². The number of carbonyl (C=O) groups is 2. The monoisotopic (exact) mass is 349 g/mol. The van der Waals surface area contributed by atoms with Gasteiger partial charge in [-0.05, 0) is 63.7 Å². The Balaban J connectivity index is 2.42. The molecule has 0 aromatic heterocycles. The third-order valence-electron chi connectivity index (χ3n) is 4.69. The Bertz CT molecular complexity index is 1030. The number of fused-ring (bicyclic) bond motifs is 3. The fourth-order valence-corrected chi connectivity index (χ4v) is 3.35. The molecule has 0 atom stereocenters. The zero-order chi connectivity index (χ0) is 19.0. The van der Waals surface area contributed by atoms with Gasteiger partial charge in [-0.3, -0.25) is 9.59 Å². The van der Waals surface area contributed by atoms with Crippen molar-refractivity contribution in [1.29, 1.82) is 0 Å². The summed E-state index contributed by atoms with van der Waals surface area (Å²) in [5.74, 6) is 0.422. The van der Waals surface area contributed by atoms with Crippen LogP contribution in [0.3, 0.4) is 0 Å². The van der Waals surface area contributed by atoms with E-state index in [0.717, 1.165) is 32.7 Å². The number of aryl methyl sites for hydroxylation is 1. The summed E-state index contributed by atoms with van der Waals surface area (Å²) in [6.45, 7) is 7.54. The summed E-state index contributed by atoms with van der Waals surface area (Å²) in [5.41, 5.74) is 8.39. The molecule has 0 heterocycles. The molecule has 0 aliphatic carbocycles. The van der Waals surface area contributed by atoms with E-state index in [4.69, 9.17) is 10.5 Å². The molecule has 3 aromatic carbocycles. The van der Waals surface area contributed by atoms with E-state index < -0.39 is 0 Å². The van der Waals surface area contributed by atoms with Crippen LogP contribution >= 0.6 is 0 Å². The summed E-state index contributed by atoms with van der Waals surface area (Å²) < 4.78 is 5.29. The second kappa shape index (κ2) is 6.89. The molecular weight excluding hydrogens is 326 g/mol. The van der Waals surface area contributed by atoms with E-state index in [2.05, 4.69) is 26.0 Å². The van der Waals surface area contributed by atoms with Gasteiger partial charge in [-0.15, -0.1) is 0 Å². The Kier molecular flexibility index (Phi) is 4.79. The second-order valence-corrected chi connectivity index (χ2v) is 6.94. The quantitative estimate of drug-likeness (QED) is 0.326. The first kappa shape index (κ1) is 18.1. The zero-order valence-corrected chi connectivity index (χ0v) is 15.6. The SMILES string of the molecule is CC(=O)Oc1cc(C)c2cc(C(=O)CN)c3cc(C(C)C)ccc3c2c1. The molecule has 26 heavy (non-hydrogen) atoms. The highest BCUT2D eigenvalue weighted by atomic mass is 16.5. The number of ketones is 1. The van der Waals surface area contributed by atoms with Gasteiger partial charge in [0.25, 0.3) is 0 Å². The number of ether oxygens (including phenoxy) is 1. The van der Waals surface area contributed by atoms with E-state index in [-0.39, 0.29) is 18.3 Å². The zero-order valence-electron chi connectivity index (χ0n) is 15.6. The molecule has 4 heteroatoms. The Labute approximate surface area is 152 Å². The predicted octanol–water partition coefficient (Wildman–Crippen LogP) is 4.49. The van der Waals surface area contributed by atoms with Gasteiger partial charge in [-0.1, -0.05) is 32.0 Å². The summed E-state index contributed by atoms with van der Waals surface area (Å²) in [7, 11) is 0. The number of esters is 1. The van der Waals surface area contributed by atoms with Crippen LogP contribution in [0.15, 0.2) is 36.4 Å². The average molecular weight is 349 g/mol. The summed E-state index contributed by atoms with van der Waals surface area (Å²) in [6.07, 6.45) is 0. The highest BCUT2D eigenvalue weighted by Gasteiger charge is 2.16. The van der Waals surface area contributed by atoms with E-state index >= 15 is 0 Å². The summed E-state index contributed by atoms with van der Waals surface area (Å²) >= 11 is 0. The van der Waals surface area contributed by atoms with Gasteiger partial charge in [0, 0.05) is 12.5 Å². The largest absolute Gasteiger partial charge is 0.427 e. The van der Waals surface area contributed by atoms with Gasteiger partial charge in [-0.25, -0.2) is 0 Å². The minimum Gasteiger partial charge on any atom is -0.427 e. The fourth-order valence-electron chi connectivity index (χ4n) is 3.35. The third kappa shape index (κ3) is 3.20. The second-order valence-electron chi connectivity index (χ2n) is 6.94. The molecule has 0 bridgehead atoms. The minimum absolute atomic E-state index is 0.0307. The van der Waals surface area contributed by atoms with Gasteiger partial charge >= 0.3 is 5.97 Å². The molecule has 0 spiro atoms. The molecule has 0 radical (unpaired) electrons. The molecular formula is C22H23NO3. The van der Waals surface area contributed by atoms with Crippen LogP contribution in [-0.4, -0.2) is 18.3 Å². The number of hydrogen-bond acceptors (Lipinski definition) is 4. The maximum Gasteiger partial charge on any atom is 0.308 e. The molecule has 4 nitrogen and oxygen atoms in total. The molecule has 0 fully saturated rings. The molecule has 0 unspecified atom stereocenters. The molecule has 0 saturated carbocycles. The topological polar surface area (TPSA) is 69.4 Å². The fraction of sp³-hybridized carbons (Fsp3) is 0.273. The maximum absolute atomic E-state index is 12.5. The molecule has 3 rings (SSSR count). The van der Waals surface area contributed by atoms with Crippen molar-refractivity contribution in [3.63, 3.8) is 0 Å². The Morgan fingerprint density at radius 1 is 1.00 bits per heavy atom. The van der Waals surface area contributed by atoms with Crippen molar-refractivity contribution in [3.8, 4) is 5.75 Å². The van der Waals surface area contributed by atoms with Crippen LogP contribution < -0.4 is 10.5 Å². The van der Waals surface area contributed by atoms with Gasteiger partial charge < -0.3 is 10.5 Å². The first-order valence-electron chi connectivity index (χ1n) is 8.74. The number of hydrogen-bond donors (Lipinski definition) is 1. The van der Waals surface area contributed by atoms with Crippen molar-refractivity contribution in [2.45, 2.75) is 33.6 Å². The highest BCUT2D eigenvalue weighted by molar-refractivity contribution is 6.19. The number of nitrogens with two attached hydrogens (primary N) is 1. The number of rotatable bonds is 4. The Hall–Kier alpha value is -2.72. The van der Waals surface area contributed by atoms with Crippen LogP contribution in [-0.2, 0) is 4.79 Å². The first-order valence-corrected chi connectivity index (χ1v) is 8.74. The van der Waals surface area contributed by atoms with Gasteiger partial charge in [0.15, 0.2) is 5.78 Å². The number of Topliss-reactive ketones (excluding diaryl/α,β-unsaturated/α-hetero) is 1. The molecule has 0 saturated heterocycles. The van der Waals surface area contributed by atoms with Crippen molar-refractivity contribution >= 4 is 33.3 Å².